The van der Waals surface area contributed by atoms with Gasteiger partial charge in [0, 0.05) is 55.0 Å². The third-order valence-corrected chi connectivity index (χ3v) is 6.69. The second-order valence-electron chi connectivity index (χ2n) is 9.38. The highest BCUT2D eigenvalue weighted by Gasteiger charge is 2.42. The number of nitrogens with one attached hydrogen (secondary N) is 3. The molecule has 2 saturated heterocycles. The van der Waals surface area contributed by atoms with Crippen molar-refractivity contribution in [3.8, 4) is 0 Å². The van der Waals surface area contributed by atoms with Crippen LogP contribution in [0.3, 0.4) is 0 Å². The minimum Gasteiger partial charge on any atom is -0.390 e. The highest BCUT2D eigenvalue weighted by Crippen LogP contribution is 2.36. The van der Waals surface area contributed by atoms with Gasteiger partial charge in [-0.3, -0.25) is 10.7 Å². The minimum atomic E-state index is 0.00439. The van der Waals surface area contributed by atoms with Crippen molar-refractivity contribution < 1.29 is 4.84 Å². The summed E-state index contributed by atoms with van der Waals surface area (Å²) in [5.74, 6) is 8.41. The lowest BCUT2D eigenvalue weighted by molar-refractivity contribution is 0.0948. The molecule has 5 rings (SSSR count). The molecule has 172 valence electrons. The zero-order chi connectivity index (χ0) is 22.2. The van der Waals surface area contributed by atoms with E-state index in [1.165, 1.54) is 6.42 Å². The van der Waals surface area contributed by atoms with Gasteiger partial charge in [-0.1, -0.05) is 11.7 Å². The van der Waals surface area contributed by atoms with Crippen molar-refractivity contribution in [2.75, 3.05) is 42.2 Å². The highest BCUT2D eigenvalue weighted by molar-refractivity contribution is 5.82. The number of oxime groups is 1. The molecule has 0 radical (unpaired) electrons. The van der Waals surface area contributed by atoms with E-state index in [0.717, 1.165) is 55.3 Å². The van der Waals surface area contributed by atoms with Gasteiger partial charge in [0.25, 0.3) is 0 Å². The maximum atomic E-state index is 5.69. The van der Waals surface area contributed by atoms with E-state index in [1.807, 2.05) is 19.1 Å². The summed E-state index contributed by atoms with van der Waals surface area (Å²) in [4.78, 5) is 19.8. The molecule has 4 heterocycles. The number of hydrogen-bond acceptors (Lipinski definition) is 10. The van der Waals surface area contributed by atoms with Gasteiger partial charge >= 0.3 is 0 Å². The number of nitrogens with zero attached hydrogens (tertiary/aromatic N) is 5. The SMILES string of the molecule is C=C(/C=C(\NN)C1CC1)Nc1cc(N2CC3CC2CN3C)nc(NCC2CC(C)=NO2)n1. The second-order valence-corrected chi connectivity index (χ2v) is 9.38. The Morgan fingerprint density at radius 1 is 1.31 bits per heavy atom. The zero-order valence-electron chi connectivity index (χ0n) is 18.8. The molecule has 0 amide bonds. The van der Waals surface area contributed by atoms with Crippen LogP contribution in [0.5, 0.6) is 0 Å². The quantitative estimate of drug-likeness (QED) is 0.259. The highest BCUT2D eigenvalue weighted by atomic mass is 16.6. The predicted octanol–water partition coefficient (Wildman–Crippen LogP) is 1.63. The maximum absolute atomic E-state index is 5.69. The summed E-state index contributed by atoms with van der Waals surface area (Å²) < 4.78 is 0. The van der Waals surface area contributed by atoms with Gasteiger partial charge in [-0.05, 0) is 39.3 Å². The average Bonchev–Trinajstić information content (AvgIpc) is 3.24. The maximum Gasteiger partial charge on any atom is 0.226 e. The Kier molecular flexibility index (Phi) is 5.64. The molecule has 32 heavy (non-hydrogen) atoms. The van der Waals surface area contributed by atoms with Crippen LogP contribution in [-0.2, 0) is 4.84 Å². The van der Waals surface area contributed by atoms with Crippen LogP contribution in [0, 0.1) is 5.92 Å². The molecule has 3 unspecified atom stereocenters. The monoisotopic (exact) mass is 439 g/mol. The van der Waals surface area contributed by atoms with Gasteiger partial charge in [-0.2, -0.15) is 9.97 Å². The number of rotatable bonds is 9. The average molecular weight is 440 g/mol. The van der Waals surface area contributed by atoms with Crippen LogP contribution in [0.15, 0.2) is 35.3 Å². The van der Waals surface area contributed by atoms with Crippen molar-refractivity contribution in [2.45, 2.75) is 50.8 Å². The van der Waals surface area contributed by atoms with Crippen molar-refractivity contribution in [3.63, 3.8) is 0 Å². The van der Waals surface area contributed by atoms with Crippen molar-refractivity contribution in [1.82, 2.24) is 20.3 Å². The van der Waals surface area contributed by atoms with E-state index in [0.29, 0.717) is 36.3 Å². The first-order valence-corrected chi connectivity index (χ1v) is 11.4. The molecule has 1 aromatic heterocycles. The number of aromatic nitrogens is 2. The van der Waals surface area contributed by atoms with Gasteiger partial charge in [0.2, 0.25) is 5.95 Å². The largest absolute Gasteiger partial charge is 0.390 e. The first-order chi connectivity index (χ1) is 15.5. The Labute approximate surface area is 188 Å². The molecule has 10 nitrogen and oxygen atoms in total. The van der Waals surface area contributed by atoms with Crippen LogP contribution < -0.4 is 26.8 Å². The molecule has 3 atom stereocenters. The fraction of sp³-hybridized carbons (Fsp3) is 0.591. The summed E-state index contributed by atoms with van der Waals surface area (Å²) in [5.41, 5.74) is 5.56. The van der Waals surface area contributed by atoms with E-state index < -0.39 is 0 Å². The van der Waals surface area contributed by atoms with E-state index in [4.69, 9.17) is 20.6 Å². The smallest absolute Gasteiger partial charge is 0.226 e. The molecule has 1 aromatic rings. The van der Waals surface area contributed by atoms with Crippen LogP contribution in [0.25, 0.3) is 0 Å². The Morgan fingerprint density at radius 3 is 2.78 bits per heavy atom. The summed E-state index contributed by atoms with van der Waals surface area (Å²) in [6.07, 6.45) is 6.29. The normalized spacial score (nSPS) is 27.3. The number of hydrazine groups is 1. The number of fused-ring (bicyclic) bond motifs is 2. The summed E-state index contributed by atoms with van der Waals surface area (Å²) >= 11 is 0. The summed E-state index contributed by atoms with van der Waals surface area (Å²) in [5, 5.41) is 10.7. The van der Waals surface area contributed by atoms with Crippen molar-refractivity contribution in [2.24, 2.45) is 16.9 Å². The topological polar surface area (TPSA) is 116 Å². The Morgan fingerprint density at radius 2 is 2.16 bits per heavy atom. The van der Waals surface area contributed by atoms with E-state index in [1.54, 1.807) is 0 Å². The van der Waals surface area contributed by atoms with Gasteiger partial charge < -0.3 is 25.8 Å². The lowest BCUT2D eigenvalue weighted by Gasteiger charge is -2.33. The first kappa shape index (κ1) is 21.0. The van der Waals surface area contributed by atoms with Crippen LogP contribution in [0.4, 0.5) is 17.6 Å². The van der Waals surface area contributed by atoms with Crippen LogP contribution in [0.2, 0.25) is 0 Å². The van der Waals surface area contributed by atoms with Gasteiger partial charge in [0.15, 0.2) is 0 Å². The van der Waals surface area contributed by atoms with Crippen LogP contribution >= 0.6 is 0 Å². The van der Waals surface area contributed by atoms with Gasteiger partial charge in [-0.25, -0.2) is 0 Å². The van der Waals surface area contributed by atoms with Gasteiger partial charge in [0.1, 0.15) is 17.7 Å². The Hall–Kier alpha value is -2.85. The molecular weight excluding hydrogens is 406 g/mol. The summed E-state index contributed by atoms with van der Waals surface area (Å²) in [7, 11) is 2.20. The number of allylic oxidation sites excluding steroid dienone is 2. The molecule has 5 N–H and O–H groups in total. The lowest BCUT2D eigenvalue weighted by Crippen LogP contribution is -2.45. The number of anilines is 3. The molecule has 3 aliphatic heterocycles. The van der Waals surface area contributed by atoms with Gasteiger partial charge in [-0.15, -0.1) is 0 Å². The number of likely N-dealkylation sites (tertiary alicyclic amines) is 1. The number of hydrogen-bond donors (Lipinski definition) is 4. The summed E-state index contributed by atoms with van der Waals surface area (Å²) in [6, 6.07) is 3.09. The Balaban J connectivity index is 1.33. The molecule has 3 fully saturated rings. The summed E-state index contributed by atoms with van der Waals surface area (Å²) in [6.45, 7) is 8.78. The van der Waals surface area contributed by atoms with E-state index >= 15 is 0 Å². The molecule has 1 aliphatic carbocycles. The third kappa shape index (κ3) is 4.51. The van der Waals surface area contributed by atoms with E-state index in [2.05, 4.69) is 44.6 Å². The minimum absolute atomic E-state index is 0.00439. The Bertz CT molecular complexity index is 939. The van der Waals surface area contributed by atoms with Gasteiger partial charge in [0.05, 0.1) is 12.3 Å². The standard InChI is InChI=1S/C22H33N9O/c1-13(7-19(28-23)15-4-5-15)25-20-9-21(31-12-16-8-17(31)11-30(16)3)27-22(26-20)24-10-18-6-14(2)29-32-18/h7,9,15-18,28H,1,4-6,8,10-12,23H2,2-3H3,(H2,24,25,26,27)/b19-7-. The molecule has 0 spiro atoms. The predicted molar refractivity (Wildman–Crippen MR) is 126 cm³/mol. The number of piperazine rings is 1. The van der Waals surface area contributed by atoms with E-state index in [9.17, 15) is 0 Å². The van der Waals surface area contributed by atoms with Crippen molar-refractivity contribution in [3.05, 3.63) is 30.1 Å². The van der Waals surface area contributed by atoms with Crippen molar-refractivity contribution >= 4 is 23.3 Å². The molecule has 0 aromatic carbocycles. The van der Waals surface area contributed by atoms with Crippen molar-refractivity contribution in [1.29, 1.82) is 0 Å². The van der Waals surface area contributed by atoms with Crippen LogP contribution in [-0.4, -0.2) is 65.4 Å². The molecule has 4 aliphatic rings. The first-order valence-electron chi connectivity index (χ1n) is 11.4. The zero-order valence-corrected chi connectivity index (χ0v) is 18.8. The lowest BCUT2D eigenvalue weighted by atomic mass is 10.2. The third-order valence-electron chi connectivity index (χ3n) is 6.69. The fourth-order valence-corrected chi connectivity index (χ4v) is 4.81. The van der Waals surface area contributed by atoms with E-state index in [-0.39, 0.29) is 6.10 Å². The molecular formula is C22H33N9O. The fourth-order valence-electron chi connectivity index (χ4n) is 4.81. The molecule has 2 bridgehead atoms. The molecule has 1 saturated carbocycles. The van der Waals surface area contributed by atoms with Crippen LogP contribution in [0.1, 0.15) is 32.6 Å². The molecule has 10 heteroatoms. The number of likely N-dealkylation sites (N-methyl/N-ethyl adjacent to an activating group) is 1. The number of nitrogens with two attached hydrogens (primary N) is 1. The second kappa shape index (κ2) is 8.59.